The molecule has 0 radical (unpaired) electrons. The molecule has 0 aliphatic heterocycles. The van der Waals surface area contributed by atoms with Crippen molar-refractivity contribution in [2.45, 2.75) is 26.3 Å². The highest BCUT2D eigenvalue weighted by Gasteiger charge is 2.12. The van der Waals surface area contributed by atoms with Crippen molar-refractivity contribution in [3.05, 3.63) is 69.4 Å². The fraction of sp³-hybridized carbons (Fsp3) is 0.294. The molecule has 1 unspecified atom stereocenters. The van der Waals surface area contributed by atoms with Crippen LogP contribution in [-0.4, -0.2) is 6.54 Å². The molecule has 1 nitrogen and oxygen atoms in total. The minimum atomic E-state index is -0.138. The Bertz CT molecular complexity index is 566. The lowest BCUT2D eigenvalue weighted by Crippen LogP contribution is -2.23. The number of nitrogens with one attached hydrogen (secondary N) is 1. The van der Waals surface area contributed by atoms with Gasteiger partial charge < -0.3 is 5.32 Å². The first-order valence-electron chi connectivity index (χ1n) is 6.84. The maximum Gasteiger partial charge on any atom is 0.126 e. The van der Waals surface area contributed by atoms with Crippen LogP contribution in [0.4, 0.5) is 4.39 Å². The zero-order valence-electron chi connectivity index (χ0n) is 11.8. The van der Waals surface area contributed by atoms with E-state index in [1.54, 1.807) is 13.0 Å². The van der Waals surface area contributed by atoms with E-state index in [2.05, 4.69) is 40.3 Å². The predicted molar refractivity (Wildman–Crippen MR) is 85.4 cm³/mol. The summed E-state index contributed by atoms with van der Waals surface area (Å²) in [6.45, 7) is 4.71. The van der Waals surface area contributed by atoms with E-state index >= 15 is 0 Å². The van der Waals surface area contributed by atoms with Gasteiger partial charge in [-0.2, -0.15) is 0 Å². The van der Waals surface area contributed by atoms with Crippen molar-refractivity contribution in [3.8, 4) is 0 Å². The van der Waals surface area contributed by atoms with Crippen LogP contribution in [0.3, 0.4) is 0 Å². The van der Waals surface area contributed by atoms with Crippen LogP contribution in [0.1, 0.15) is 29.7 Å². The van der Waals surface area contributed by atoms with Crippen LogP contribution in [0.25, 0.3) is 0 Å². The fourth-order valence-corrected chi connectivity index (χ4v) is 2.50. The first-order valence-corrected chi connectivity index (χ1v) is 7.63. The van der Waals surface area contributed by atoms with Gasteiger partial charge in [0, 0.05) is 10.5 Å². The Labute approximate surface area is 128 Å². The number of rotatable bonds is 5. The van der Waals surface area contributed by atoms with Crippen LogP contribution >= 0.6 is 15.9 Å². The first kappa shape index (κ1) is 15.2. The molecule has 2 aromatic rings. The quantitative estimate of drug-likeness (QED) is 0.828. The summed E-state index contributed by atoms with van der Waals surface area (Å²) in [7, 11) is 0. The molecule has 0 aliphatic carbocycles. The molecule has 1 N–H and O–H groups in total. The second kappa shape index (κ2) is 7.00. The van der Waals surface area contributed by atoms with Crippen molar-refractivity contribution in [1.82, 2.24) is 5.32 Å². The monoisotopic (exact) mass is 335 g/mol. The molecule has 0 aromatic heterocycles. The summed E-state index contributed by atoms with van der Waals surface area (Å²) in [5.41, 5.74) is 2.92. The minimum Gasteiger partial charge on any atom is -0.310 e. The third-order valence-electron chi connectivity index (χ3n) is 3.40. The molecule has 0 bridgehead atoms. The number of hydrogen-bond acceptors (Lipinski definition) is 1. The molecule has 0 heterocycles. The summed E-state index contributed by atoms with van der Waals surface area (Å²) in [5, 5.41) is 3.43. The Morgan fingerprint density at radius 3 is 2.45 bits per heavy atom. The molecule has 0 aliphatic rings. The molecule has 0 saturated heterocycles. The van der Waals surface area contributed by atoms with Crippen LogP contribution in [-0.2, 0) is 6.42 Å². The third-order valence-corrected chi connectivity index (χ3v) is 3.93. The van der Waals surface area contributed by atoms with Crippen molar-refractivity contribution < 1.29 is 4.39 Å². The van der Waals surface area contributed by atoms with Crippen LogP contribution < -0.4 is 5.32 Å². The SMILES string of the molecule is CCNC(Cc1ccc(Br)cc1)c1ccc(C)c(F)c1. The summed E-state index contributed by atoms with van der Waals surface area (Å²) < 4.78 is 14.8. The van der Waals surface area contributed by atoms with Gasteiger partial charge in [0.05, 0.1) is 0 Å². The third kappa shape index (κ3) is 3.90. The normalized spacial score (nSPS) is 12.4. The van der Waals surface area contributed by atoms with E-state index in [0.29, 0.717) is 5.56 Å². The zero-order chi connectivity index (χ0) is 14.5. The zero-order valence-corrected chi connectivity index (χ0v) is 13.4. The van der Waals surface area contributed by atoms with Gasteiger partial charge in [0.25, 0.3) is 0 Å². The maximum atomic E-state index is 13.7. The van der Waals surface area contributed by atoms with Gasteiger partial charge in [0.15, 0.2) is 0 Å². The van der Waals surface area contributed by atoms with E-state index in [-0.39, 0.29) is 11.9 Å². The second-order valence-corrected chi connectivity index (χ2v) is 5.87. The topological polar surface area (TPSA) is 12.0 Å². The average molecular weight is 336 g/mol. The first-order chi connectivity index (χ1) is 9.60. The number of hydrogen-bond donors (Lipinski definition) is 1. The molecule has 0 saturated carbocycles. The van der Waals surface area contributed by atoms with Gasteiger partial charge in [0.1, 0.15) is 5.82 Å². The molecule has 3 heteroatoms. The van der Waals surface area contributed by atoms with Gasteiger partial charge in [-0.15, -0.1) is 0 Å². The Morgan fingerprint density at radius 1 is 1.15 bits per heavy atom. The number of aryl methyl sites for hydroxylation is 1. The van der Waals surface area contributed by atoms with Crippen LogP contribution in [0, 0.1) is 12.7 Å². The highest BCUT2D eigenvalue weighted by atomic mass is 79.9. The molecule has 2 aromatic carbocycles. The highest BCUT2D eigenvalue weighted by Crippen LogP contribution is 2.22. The molecular formula is C17H19BrFN. The predicted octanol–water partition coefficient (Wildman–Crippen LogP) is 4.79. The maximum absolute atomic E-state index is 13.7. The lowest BCUT2D eigenvalue weighted by atomic mass is 9.98. The molecule has 2 rings (SSSR count). The van der Waals surface area contributed by atoms with Crippen molar-refractivity contribution in [2.24, 2.45) is 0 Å². The van der Waals surface area contributed by atoms with Crippen molar-refractivity contribution in [2.75, 3.05) is 6.54 Å². The van der Waals surface area contributed by atoms with Crippen LogP contribution in [0.15, 0.2) is 46.9 Å². The molecule has 0 fully saturated rings. The van der Waals surface area contributed by atoms with Gasteiger partial charge in [-0.05, 0) is 54.8 Å². The number of halogens is 2. The van der Waals surface area contributed by atoms with E-state index < -0.39 is 0 Å². The molecular weight excluding hydrogens is 317 g/mol. The Hall–Kier alpha value is -1.19. The standard InChI is InChI=1S/C17H19BrFN/c1-3-20-17(10-13-5-8-15(18)9-6-13)14-7-4-12(2)16(19)11-14/h4-9,11,17,20H,3,10H2,1-2H3. The average Bonchev–Trinajstić information content (AvgIpc) is 2.44. The Balaban J connectivity index is 2.21. The summed E-state index contributed by atoms with van der Waals surface area (Å²) in [4.78, 5) is 0. The molecule has 20 heavy (non-hydrogen) atoms. The summed E-state index contributed by atoms with van der Waals surface area (Å²) in [6.07, 6.45) is 0.851. The van der Waals surface area contributed by atoms with E-state index in [1.807, 2.05) is 24.3 Å². The molecule has 1 atom stereocenters. The van der Waals surface area contributed by atoms with Gasteiger partial charge in [-0.1, -0.05) is 47.1 Å². The summed E-state index contributed by atoms with van der Waals surface area (Å²) in [5.74, 6) is -0.138. The Morgan fingerprint density at radius 2 is 1.85 bits per heavy atom. The largest absolute Gasteiger partial charge is 0.310 e. The van der Waals surface area contributed by atoms with Crippen molar-refractivity contribution in [1.29, 1.82) is 0 Å². The fourth-order valence-electron chi connectivity index (χ4n) is 2.24. The summed E-state index contributed by atoms with van der Waals surface area (Å²) >= 11 is 3.44. The van der Waals surface area contributed by atoms with E-state index in [9.17, 15) is 4.39 Å². The second-order valence-electron chi connectivity index (χ2n) is 4.95. The molecule has 0 amide bonds. The van der Waals surface area contributed by atoms with Crippen LogP contribution in [0.5, 0.6) is 0 Å². The number of benzene rings is 2. The van der Waals surface area contributed by atoms with Crippen molar-refractivity contribution in [3.63, 3.8) is 0 Å². The van der Waals surface area contributed by atoms with Crippen LogP contribution in [0.2, 0.25) is 0 Å². The van der Waals surface area contributed by atoms with Gasteiger partial charge in [-0.3, -0.25) is 0 Å². The van der Waals surface area contributed by atoms with Gasteiger partial charge >= 0.3 is 0 Å². The minimum absolute atomic E-state index is 0.135. The van der Waals surface area contributed by atoms with E-state index in [0.717, 1.165) is 23.0 Å². The van der Waals surface area contributed by atoms with Crippen molar-refractivity contribution >= 4 is 15.9 Å². The molecule has 0 spiro atoms. The summed E-state index contributed by atoms with van der Waals surface area (Å²) in [6, 6.07) is 13.9. The molecule has 106 valence electrons. The Kier molecular flexibility index (Phi) is 5.32. The van der Waals surface area contributed by atoms with Gasteiger partial charge in [0.2, 0.25) is 0 Å². The number of likely N-dealkylation sites (N-methyl/N-ethyl adjacent to an activating group) is 1. The lowest BCUT2D eigenvalue weighted by molar-refractivity contribution is 0.541. The van der Waals surface area contributed by atoms with E-state index in [4.69, 9.17) is 0 Å². The van der Waals surface area contributed by atoms with Gasteiger partial charge in [-0.25, -0.2) is 4.39 Å². The lowest BCUT2D eigenvalue weighted by Gasteiger charge is -2.19. The highest BCUT2D eigenvalue weighted by molar-refractivity contribution is 9.10. The smallest absolute Gasteiger partial charge is 0.126 e. The van der Waals surface area contributed by atoms with E-state index in [1.165, 1.54) is 5.56 Å².